The van der Waals surface area contributed by atoms with Crippen LogP contribution in [0.4, 0.5) is 0 Å². The highest BCUT2D eigenvalue weighted by Gasteiger charge is 2.50. The summed E-state index contributed by atoms with van der Waals surface area (Å²) in [5.74, 6) is 0. The highest BCUT2D eigenvalue weighted by atomic mass is 79.9. The topological polar surface area (TPSA) is 17.1 Å². The van der Waals surface area contributed by atoms with Gasteiger partial charge in [0, 0.05) is 26.1 Å². The van der Waals surface area contributed by atoms with Crippen LogP contribution in [-0.2, 0) is 10.8 Å². The average molecular weight is 195 g/mol. The molecule has 1 nitrogen and oxygen atoms in total. The van der Waals surface area contributed by atoms with Gasteiger partial charge in [0.25, 0.3) is 0 Å². The Bertz CT molecular complexity index is 147. The molecule has 3 heteroatoms. The predicted octanol–water partition coefficient (Wildman–Crippen LogP) is 1.04. The average Bonchev–Trinajstić information content (AvgIpc) is 2.19. The third kappa shape index (κ3) is 0.494. The number of alkyl halides is 1. The fourth-order valence-electron chi connectivity index (χ4n) is 1.46. The first kappa shape index (κ1) is 5.42. The molecular weight excluding hydrogens is 188 g/mol. The number of rotatable bonds is 0. The van der Waals surface area contributed by atoms with Gasteiger partial charge in [-0.15, -0.1) is 0 Å². The summed E-state index contributed by atoms with van der Waals surface area (Å²) in [4.78, 5) is 0.577. The van der Waals surface area contributed by atoms with Gasteiger partial charge in [-0.2, -0.15) is 0 Å². The highest BCUT2D eigenvalue weighted by Crippen LogP contribution is 2.44. The van der Waals surface area contributed by atoms with Crippen LogP contribution in [0.25, 0.3) is 0 Å². The van der Waals surface area contributed by atoms with Gasteiger partial charge >= 0.3 is 0 Å². The van der Waals surface area contributed by atoms with Crippen LogP contribution in [0, 0.1) is 0 Å². The second-order valence-electron chi connectivity index (χ2n) is 2.48. The maximum atomic E-state index is 10.9. The Hall–Kier alpha value is 0.630. The second kappa shape index (κ2) is 1.57. The van der Waals surface area contributed by atoms with Crippen molar-refractivity contribution in [3.8, 4) is 0 Å². The first-order chi connectivity index (χ1) is 3.79. The van der Waals surface area contributed by atoms with Gasteiger partial charge in [0.2, 0.25) is 0 Å². The van der Waals surface area contributed by atoms with Crippen molar-refractivity contribution in [3.63, 3.8) is 0 Å². The molecular formula is C5H7BrOS. The molecule has 2 aliphatic heterocycles. The molecule has 1 saturated carbocycles. The minimum Gasteiger partial charge on any atom is -0.259 e. The summed E-state index contributed by atoms with van der Waals surface area (Å²) in [6.07, 6.45) is 2.36. The van der Waals surface area contributed by atoms with E-state index >= 15 is 0 Å². The van der Waals surface area contributed by atoms with Crippen molar-refractivity contribution in [1.82, 2.24) is 0 Å². The van der Waals surface area contributed by atoms with Gasteiger partial charge in [-0.05, 0) is 12.8 Å². The van der Waals surface area contributed by atoms with E-state index in [1.165, 1.54) is 6.42 Å². The Morgan fingerprint density at radius 3 is 2.38 bits per heavy atom. The molecule has 46 valence electrons. The maximum absolute atomic E-state index is 10.9. The zero-order valence-corrected chi connectivity index (χ0v) is 6.74. The predicted molar refractivity (Wildman–Crippen MR) is 37.7 cm³/mol. The molecule has 8 heavy (non-hydrogen) atoms. The van der Waals surface area contributed by atoms with Gasteiger partial charge in [-0.25, -0.2) is 0 Å². The lowest BCUT2D eigenvalue weighted by Gasteiger charge is -2.22. The molecule has 0 aromatic rings. The van der Waals surface area contributed by atoms with Crippen LogP contribution in [0.15, 0.2) is 0 Å². The smallest absolute Gasteiger partial charge is 0.0487 e. The SMILES string of the molecule is O=S1[C@H]2C[C@@H](Br)[C@@H]1C2. The van der Waals surface area contributed by atoms with Gasteiger partial charge in [0.05, 0.1) is 0 Å². The van der Waals surface area contributed by atoms with Crippen molar-refractivity contribution >= 4 is 26.7 Å². The Morgan fingerprint density at radius 1 is 1.50 bits per heavy atom. The van der Waals surface area contributed by atoms with E-state index in [1.54, 1.807) is 0 Å². The van der Waals surface area contributed by atoms with Crippen LogP contribution in [0.5, 0.6) is 0 Å². The summed E-state index contributed by atoms with van der Waals surface area (Å²) in [6.45, 7) is 0. The molecule has 0 amide bonds. The lowest BCUT2D eigenvalue weighted by atomic mass is 10.3. The summed E-state index contributed by atoms with van der Waals surface area (Å²) in [7, 11) is -0.447. The molecule has 0 aromatic heterocycles. The zero-order chi connectivity index (χ0) is 5.72. The molecule has 0 spiro atoms. The molecule has 1 unspecified atom stereocenters. The van der Waals surface area contributed by atoms with Gasteiger partial charge in [-0.3, -0.25) is 4.21 Å². The number of halogens is 1. The molecule has 0 radical (unpaired) electrons. The largest absolute Gasteiger partial charge is 0.259 e. The standard InChI is InChI=1S/C5H7BrOS/c6-4-1-3-2-5(4)8(3)7/h3-5H,1-2H2/t3-,4+,5-,8?/m0/s1. The van der Waals surface area contributed by atoms with Crippen molar-refractivity contribution < 1.29 is 4.21 Å². The molecule has 3 fully saturated rings. The monoisotopic (exact) mass is 194 g/mol. The van der Waals surface area contributed by atoms with Gasteiger partial charge in [-0.1, -0.05) is 15.9 Å². The molecule has 2 heterocycles. The van der Waals surface area contributed by atoms with Crippen LogP contribution < -0.4 is 0 Å². The lowest BCUT2D eigenvalue weighted by Crippen LogP contribution is -2.32. The Labute approximate surface area is 59.4 Å². The minimum absolute atomic E-state index is 0.447. The first-order valence-corrected chi connectivity index (χ1v) is 5.01. The van der Waals surface area contributed by atoms with Crippen molar-refractivity contribution in [2.75, 3.05) is 0 Å². The normalized spacial score (nSPS) is 60.6. The van der Waals surface area contributed by atoms with E-state index in [9.17, 15) is 4.21 Å². The lowest BCUT2D eigenvalue weighted by molar-refractivity contribution is 0.644. The number of hydrogen-bond donors (Lipinski definition) is 0. The summed E-state index contributed by atoms with van der Waals surface area (Å²) in [5.41, 5.74) is 0. The third-order valence-corrected chi connectivity index (χ3v) is 5.54. The molecule has 0 aromatic carbocycles. The van der Waals surface area contributed by atoms with E-state index in [0.717, 1.165) is 6.42 Å². The van der Waals surface area contributed by atoms with Crippen molar-refractivity contribution in [1.29, 1.82) is 0 Å². The molecule has 3 rings (SSSR count). The molecule has 2 bridgehead atoms. The van der Waals surface area contributed by atoms with Crippen LogP contribution in [0.2, 0.25) is 0 Å². The summed E-state index contributed by atoms with van der Waals surface area (Å²) in [5, 5.41) is 1.07. The van der Waals surface area contributed by atoms with Crippen LogP contribution in [0.3, 0.4) is 0 Å². The van der Waals surface area contributed by atoms with Crippen LogP contribution >= 0.6 is 15.9 Å². The van der Waals surface area contributed by atoms with E-state index in [0.29, 0.717) is 15.3 Å². The quantitative estimate of drug-likeness (QED) is 0.528. The molecule has 1 aliphatic carbocycles. The van der Waals surface area contributed by atoms with Gasteiger partial charge in [0.1, 0.15) is 0 Å². The summed E-state index contributed by atoms with van der Waals surface area (Å²) < 4.78 is 10.9. The Balaban J connectivity index is 2.24. The van der Waals surface area contributed by atoms with Crippen molar-refractivity contribution in [3.05, 3.63) is 0 Å². The first-order valence-electron chi connectivity index (χ1n) is 2.82. The van der Waals surface area contributed by atoms with Gasteiger partial charge in [0.15, 0.2) is 0 Å². The van der Waals surface area contributed by atoms with Crippen molar-refractivity contribution in [2.45, 2.75) is 28.2 Å². The highest BCUT2D eigenvalue weighted by molar-refractivity contribution is 9.09. The summed E-state index contributed by atoms with van der Waals surface area (Å²) >= 11 is 3.49. The van der Waals surface area contributed by atoms with E-state index in [1.807, 2.05) is 0 Å². The molecule has 3 aliphatic rings. The maximum Gasteiger partial charge on any atom is 0.0487 e. The van der Waals surface area contributed by atoms with E-state index in [4.69, 9.17) is 0 Å². The Kier molecular flexibility index (Phi) is 1.06. The second-order valence-corrected chi connectivity index (χ2v) is 5.58. The van der Waals surface area contributed by atoms with E-state index in [-0.39, 0.29) is 0 Å². The van der Waals surface area contributed by atoms with Crippen LogP contribution in [0.1, 0.15) is 12.8 Å². The number of fused-ring (bicyclic) bond motifs is 1. The van der Waals surface area contributed by atoms with E-state index in [2.05, 4.69) is 15.9 Å². The zero-order valence-electron chi connectivity index (χ0n) is 4.34. The molecule has 0 N–H and O–H groups in total. The summed E-state index contributed by atoms with van der Waals surface area (Å²) in [6, 6.07) is 0. The fraction of sp³-hybridized carbons (Fsp3) is 1.00. The van der Waals surface area contributed by atoms with Crippen molar-refractivity contribution in [2.24, 2.45) is 0 Å². The fourth-order valence-corrected chi connectivity index (χ4v) is 4.77. The molecule has 4 atom stereocenters. The third-order valence-electron chi connectivity index (χ3n) is 2.01. The Morgan fingerprint density at radius 2 is 2.25 bits per heavy atom. The van der Waals surface area contributed by atoms with E-state index < -0.39 is 10.8 Å². The molecule has 2 saturated heterocycles. The van der Waals surface area contributed by atoms with Gasteiger partial charge < -0.3 is 0 Å². The van der Waals surface area contributed by atoms with Crippen LogP contribution in [-0.4, -0.2) is 19.5 Å². The minimum atomic E-state index is -0.447. The number of hydrogen-bond acceptors (Lipinski definition) is 1.